The van der Waals surface area contributed by atoms with E-state index in [0.717, 1.165) is 34.7 Å². The van der Waals surface area contributed by atoms with Crippen molar-refractivity contribution in [3.63, 3.8) is 0 Å². The lowest BCUT2D eigenvalue weighted by Crippen LogP contribution is -2.38. The van der Waals surface area contributed by atoms with Gasteiger partial charge in [0.15, 0.2) is 0 Å². The molecule has 220 valence electrons. The van der Waals surface area contributed by atoms with Crippen molar-refractivity contribution in [1.29, 1.82) is 0 Å². The zero-order valence-electron chi connectivity index (χ0n) is 23.8. The number of carbonyl (C=O) groups excluding carboxylic acids is 1. The van der Waals surface area contributed by atoms with Crippen LogP contribution in [0.2, 0.25) is 0 Å². The third-order valence-corrected chi connectivity index (χ3v) is 9.93. The van der Waals surface area contributed by atoms with Gasteiger partial charge in [-0.3, -0.25) is 9.36 Å². The van der Waals surface area contributed by atoms with E-state index in [9.17, 15) is 24.3 Å². The number of amides is 1. The average Bonchev–Trinajstić information content (AvgIpc) is 3.03. The molecule has 0 aliphatic carbocycles. The topological polar surface area (TPSA) is 107 Å². The predicted octanol–water partition coefficient (Wildman–Crippen LogP) is 6.97. The molecule has 0 bridgehead atoms. The highest BCUT2D eigenvalue weighted by Gasteiger charge is 2.40. The van der Waals surface area contributed by atoms with E-state index in [1.807, 2.05) is 54.6 Å². The minimum absolute atomic E-state index is 0.210. The summed E-state index contributed by atoms with van der Waals surface area (Å²) >= 11 is 0. The van der Waals surface area contributed by atoms with Gasteiger partial charge >= 0.3 is 7.60 Å². The second-order valence-electron chi connectivity index (χ2n) is 11.2. The molecule has 1 saturated heterocycles. The highest BCUT2D eigenvalue weighted by molar-refractivity contribution is 7.52. The Bertz CT molecular complexity index is 1820. The quantitative estimate of drug-likeness (QED) is 0.175. The molecule has 0 aromatic heterocycles. The number of likely N-dealkylation sites (tertiary alicyclic amines) is 1. The normalized spacial score (nSPS) is 15.9. The van der Waals surface area contributed by atoms with E-state index in [1.165, 1.54) is 5.56 Å². The first kappa shape index (κ1) is 29.1. The van der Waals surface area contributed by atoms with E-state index in [2.05, 4.69) is 12.1 Å². The highest BCUT2D eigenvalue weighted by Crippen LogP contribution is 2.59. The summed E-state index contributed by atoms with van der Waals surface area (Å²) in [6.45, 7) is 1.06. The van der Waals surface area contributed by atoms with E-state index in [4.69, 9.17) is 4.74 Å². The molecule has 5 aromatic rings. The molecular weight excluding hydrogens is 561 g/mol. The van der Waals surface area contributed by atoms with Crippen LogP contribution in [0.3, 0.4) is 0 Å². The molecule has 5 aromatic carbocycles. The molecule has 0 saturated carbocycles. The number of ether oxygens (including phenoxy) is 1. The van der Waals surface area contributed by atoms with Gasteiger partial charge in [-0.05, 0) is 81.3 Å². The number of hydrogen-bond acceptors (Lipinski definition) is 4. The Morgan fingerprint density at radius 3 is 2.07 bits per heavy atom. The molecule has 0 spiro atoms. The van der Waals surface area contributed by atoms with Gasteiger partial charge in [0.1, 0.15) is 11.4 Å². The first-order chi connectivity index (χ1) is 20.7. The first-order valence-electron chi connectivity index (χ1n) is 14.4. The van der Waals surface area contributed by atoms with Crippen LogP contribution in [0.1, 0.15) is 57.6 Å². The Hall–Kier alpha value is -4.00. The maximum atomic E-state index is 14.1. The first-order valence-corrected chi connectivity index (χ1v) is 16.1. The van der Waals surface area contributed by atoms with Gasteiger partial charge in [-0.1, -0.05) is 78.9 Å². The summed E-state index contributed by atoms with van der Waals surface area (Å²) in [5.41, 5.74) is 0.447. The Balaban J connectivity index is 1.37. The molecule has 1 amide bonds. The average molecular weight is 596 g/mol. The molecule has 3 N–H and O–H groups in total. The van der Waals surface area contributed by atoms with Crippen LogP contribution in [0.5, 0.6) is 5.75 Å². The van der Waals surface area contributed by atoms with E-state index in [0.29, 0.717) is 30.0 Å². The van der Waals surface area contributed by atoms with Gasteiger partial charge < -0.3 is 24.5 Å². The molecular formula is C35H34NO6P. The van der Waals surface area contributed by atoms with Crippen molar-refractivity contribution < 1.29 is 29.0 Å². The largest absolute Gasteiger partial charge is 0.497 e. The zero-order chi connectivity index (χ0) is 30.1. The molecule has 2 unspecified atom stereocenters. The number of methoxy groups -OCH3 is 1. The summed E-state index contributed by atoms with van der Waals surface area (Å²) in [6, 6.07) is 31.5. The van der Waals surface area contributed by atoms with Crippen LogP contribution in [0, 0.1) is 0 Å². The fraction of sp³-hybridized carbons (Fsp3) is 0.229. The molecule has 2 atom stereocenters. The summed E-state index contributed by atoms with van der Waals surface area (Å²) in [4.78, 5) is 37.2. The van der Waals surface area contributed by atoms with Crippen LogP contribution in [0.15, 0.2) is 103 Å². The Labute approximate surface area is 250 Å². The zero-order valence-corrected chi connectivity index (χ0v) is 24.7. The van der Waals surface area contributed by atoms with Crippen LogP contribution in [0.4, 0.5) is 0 Å². The lowest BCUT2D eigenvalue weighted by Gasteiger charge is -2.34. The number of aliphatic hydroxyl groups is 1. The molecule has 1 heterocycles. The summed E-state index contributed by atoms with van der Waals surface area (Å²) in [7, 11) is -3.26. The summed E-state index contributed by atoms with van der Waals surface area (Å²) in [5.74, 6) is 0.855. The van der Waals surface area contributed by atoms with Crippen LogP contribution in [0.25, 0.3) is 21.5 Å². The Morgan fingerprint density at radius 1 is 0.814 bits per heavy atom. The van der Waals surface area contributed by atoms with Crippen molar-refractivity contribution in [3.8, 4) is 5.75 Å². The smallest absolute Gasteiger partial charge is 0.335 e. The number of rotatable bonds is 7. The number of piperidine rings is 1. The van der Waals surface area contributed by atoms with Crippen molar-refractivity contribution in [2.45, 2.75) is 30.5 Å². The minimum atomic E-state index is -4.90. The summed E-state index contributed by atoms with van der Waals surface area (Å²) in [5, 5.41) is 14.9. The summed E-state index contributed by atoms with van der Waals surface area (Å²) < 4.78 is 18.4. The minimum Gasteiger partial charge on any atom is -0.497 e. The fourth-order valence-electron chi connectivity index (χ4n) is 6.36. The molecule has 7 nitrogen and oxygen atoms in total. The molecule has 6 rings (SSSR count). The van der Waals surface area contributed by atoms with Gasteiger partial charge in [0.2, 0.25) is 0 Å². The predicted molar refractivity (Wildman–Crippen MR) is 169 cm³/mol. The van der Waals surface area contributed by atoms with Crippen LogP contribution in [-0.4, -0.2) is 45.9 Å². The molecule has 1 aliphatic heterocycles. The number of fused-ring (bicyclic) bond motifs is 2. The van der Waals surface area contributed by atoms with Gasteiger partial charge in [-0.15, -0.1) is 0 Å². The maximum absolute atomic E-state index is 14.1. The standard InChI is InChI=1S/C35H34NO6P/c1-42-28-15-13-23(14-16-28)24-17-19-36(20-18-24)35(38)32-22-27-9-3-2-8-26(27)21-31(32)33(37)34(43(39,40)41)30-12-6-10-25-7-4-5-11-29(25)30/h2-16,21-22,24,33-34,37H,17-20H2,1H3,(H2,39,40,41). The molecule has 8 heteroatoms. The molecule has 0 radical (unpaired) electrons. The monoisotopic (exact) mass is 595 g/mol. The number of aliphatic hydroxyl groups excluding tert-OH is 1. The van der Waals surface area contributed by atoms with Crippen molar-refractivity contribution >= 4 is 35.0 Å². The van der Waals surface area contributed by atoms with Crippen molar-refractivity contribution in [1.82, 2.24) is 4.90 Å². The highest BCUT2D eigenvalue weighted by atomic mass is 31.2. The van der Waals surface area contributed by atoms with Crippen molar-refractivity contribution in [2.24, 2.45) is 0 Å². The van der Waals surface area contributed by atoms with Gasteiger partial charge in [-0.2, -0.15) is 0 Å². The molecule has 1 aliphatic rings. The molecule has 43 heavy (non-hydrogen) atoms. The fourth-order valence-corrected chi connectivity index (χ4v) is 7.48. The van der Waals surface area contributed by atoms with E-state index in [-0.39, 0.29) is 17.0 Å². The summed E-state index contributed by atoms with van der Waals surface area (Å²) in [6.07, 6.45) is -0.0676. The number of benzene rings is 5. The second kappa shape index (κ2) is 11.9. The van der Waals surface area contributed by atoms with Crippen LogP contribution >= 0.6 is 7.60 Å². The lowest BCUT2D eigenvalue weighted by molar-refractivity contribution is 0.0704. The van der Waals surface area contributed by atoms with Gasteiger partial charge in [0.25, 0.3) is 5.91 Å². The second-order valence-corrected chi connectivity index (χ2v) is 12.9. The number of hydrogen-bond donors (Lipinski definition) is 3. The lowest BCUT2D eigenvalue weighted by atomic mass is 9.88. The Morgan fingerprint density at radius 2 is 1.42 bits per heavy atom. The maximum Gasteiger partial charge on any atom is 0.335 e. The van der Waals surface area contributed by atoms with Gasteiger partial charge in [0.05, 0.1) is 13.2 Å². The Kier molecular flexibility index (Phi) is 8.08. The van der Waals surface area contributed by atoms with E-state index in [1.54, 1.807) is 48.4 Å². The van der Waals surface area contributed by atoms with Gasteiger partial charge in [-0.25, -0.2) is 0 Å². The van der Waals surface area contributed by atoms with Crippen LogP contribution in [-0.2, 0) is 4.57 Å². The van der Waals surface area contributed by atoms with Crippen LogP contribution < -0.4 is 4.74 Å². The van der Waals surface area contributed by atoms with E-state index < -0.39 is 19.4 Å². The number of nitrogens with zero attached hydrogens (tertiary/aromatic N) is 1. The van der Waals surface area contributed by atoms with Gasteiger partial charge in [0, 0.05) is 18.7 Å². The third-order valence-electron chi connectivity index (χ3n) is 8.64. The van der Waals surface area contributed by atoms with Crippen molar-refractivity contribution in [2.75, 3.05) is 20.2 Å². The molecule has 1 fully saturated rings. The van der Waals surface area contributed by atoms with E-state index >= 15 is 0 Å². The third kappa shape index (κ3) is 5.82. The van der Waals surface area contributed by atoms with Crippen molar-refractivity contribution in [3.05, 3.63) is 125 Å². The SMILES string of the molecule is COc1ccc(C2CCN(C(=O)c3cc4ccccc4cc3C(O)C(c3cccc4ccccc34)P(=O)(O)O)CC2)cc1. The number of carbonyl (C=O) groups is 1.